The number of nitriles is 1. The summed E-state index contributed by atoms with van der Waals surface area (Å²) in [7, 11) is 0. The van der Waals surface area contributed by atoms with Crippen LogP contribution in [0.15, 0.2) is 54.2 Å². The van der Waals surface area contributed by atoms with E-state index in [1.54, 1.807) is 36.4 Å². The van der Waals surface area contributed by atoms with E-state index in [4.69, 9.17) is 5.73 Å². The second-order valence-electron chi connectivity index (χ2n) is 5.50. The quantitative estimate of drug-likeness (QED) is 0.337. The van der Waals surface area contributed by atoms with E-state index in [1.807, 2.05) is 19.1 Å². The van der Waals surface area contributed by atoms with Gasteiger partial charge in [0, 0.05) is 17.5 Å². The average molecular weight is 334 g/mol. The van der Waals surface area contributed by atoms with Crippen molar-refractivity contribution in [1.29, 1.82) is 5.26 Å². The molecule has 0 aliphatic carbocycles. The lowest BCUT2D eigenvalue weighted by atomic mass is 10.1. The molecule has 0 saturated heterocycles. The fraction of sp³-hybridized carbons (Fsp3) is 0.105. The highest BCUT2D eigenvalue weighted by Crippen LogP contribution is 2.20. The lowest BCUT2D eigenvalue weighted by Gasteiger charge is -2.08. The molecule has 0 fully saturated rings. The number of hydrogen-bond donors (Lipinski definition) is 3. The van der Waals surface area contributed by atoms with Gasteiger partial charge >= 0.3 is 0 Å². The van der Waals surface area contributed by atoms with Gasteiger partial charge in [0.15, 0.2) is 5.78 Å². The number of nitrogens with zero attached hydrogens (tertiary/aromatic N) is 1. The van der Waals surface area contributed by atoms with Crippen molar-refractivity contribution in [3.63, 3.8) is 0 Å². The molecule has 2 rings (SSSR count). The molecule has 1 amide bonds. The lowest BCUT2D eigenvalue weighted by molar-refractivity contribution is -0.112. The van der Waals surface area contributed by atoms with Gasteiger partial charge < -0.3 is 16.4 Å². The second-order valence-corrected chi connectivity index (χ2v) is 5.50. The summed E-state index contributed by atoms with van der Waals surface area (Å²) in [5, 5.41) is 14.7. The number of rotatable bonds is 5. The molecule has 0 aliphatic rings. The topological polar surface area (TPSA) is 108 Å². The van der Waals surface area contributed by atoms with Crippen LogP contribution in [-0.4, -0.2) is 11.7 Å². The van der Waals surface area contributed by atoms with Gasteiger partial charge in [0.05, 0.1) is 11.4 Å². The molecule has 126 valence electrons. The van der Waals surface area contributed by atoms with Gasteiger partial charge in [0.25, 0.3) is 5.91 Å². The van der Waals surface area contributed by atoms with Crippen molar-refractivity contribution >= 4 is 28.8 Å². The number of amides is 1. The van der Waals surface area contributed by atoms with E-state index >= 15 is 0 Å². The predicted octanol–water partition coefficient (Wildman–Crippen LogP) is 3.24. The Bertz CT molecular complexity index is 895. The Labute approximate surface area is 146 Å². The van der Waals surface area contributed by atoms with Gasteiger partial charge in [0.2, 0.25) is 0 Å². The summed E-state index contributed by atoms with van der Waals surface area (Å²) in [6, 6.07) is 13.8. The van der Waals surface area contributed by atoms with Crippen LogP contribution in [0.5, 0.6) is 0 Å². The van der Waals surface area contributed by atoms with Gasteiger partial charge in [-0.3, -0.25) is 9.59 Å². The first-order chi connectivity index (χ1) is 11.9. The van der Waals surface area contributed by atoms with E-state index < -0.39 is 5.91 Å². The SMILES string of the molecule is CC(=O)c1cccc(NC(=O)/C(C#N)=C\Nc2ccc(C)cc2N)c1. The van der Waals surface area contributed by atoms with Crippen molar-refractivity contribution in [1.82, 2.24) is 0 Å². The number of nitrogen functional groups attached to an aromatic ring is 1. The summed E-state index contributed by atoms with van der Waals surface area (Å²) in [6.45, 7) is 3.36. The maximum Gasteiger partial charge on any atom is 0.267 e. The number of ketones is 1. The van der Waals surface area contributed by atoms with Crippen LogP contribution in [0.2, 0.25) is 0 Å². The molecule has 0 heterocycles. The zero-order valence-electron chi connectivity index (χ0n) is 14.0. The molecular formula is C19H18N4O2. The van der Waals surface area contributed by atoms with Crippen molar-refractivity contribution in [3.05, 3.63) is 65.4 Å². The smallest absolute Gasteiger partial charge is 0.267 e. The molecule has 2 aromatic carbocycles. The molecule has 0 bridgehead atoms. The Morgan fingerprint density at radius 1 is 1.20 bits per heavy atom. The summed E-state index contributed by atoms with van der Waals surface area (Å²) in [5.41, 5.74) is 8.81. The number of benzene rings is 2. The molecule has 25 heavy (non-hydrogen) atoms. The zero-order chi connectivity index (χ0) is 18.4. The minimum absolute atomic E-state index is 0.108. The number of nitrogens with two attached hydrogens (primary N) is 1. The van der Waals surface area contributed by atoms with Crippen LogP contribution >= 0.6 is 0 Å². The molecule has 0 aliphatic heterocycles. The third-order valence-corrected chi connectivity index (χ3v) is 3.47. The second kappa shape index (κ2) is 7.79. The third-order valence-electron chi connectivity index (χ3n) is 3.47. The molecule has 0 radical (unpaired) electrons. The summed E-state index contributed by atoms with van der Waals surface area (Å²) >= 11 is 0. The first-order valence-corrected chi connectivity index (χ1v) is 7.56. The van der Waals surface area contributed by atoms with Crippen LogP contribution in [0.1, 0.15) is 22.8 Å². The fourth-order valence-electron chi connectivity index (χ4n) is 2.13. The molecule has 0 unspecified atom stereocenters. The van der Waals surface area contributed by atoms with Gasteiger partial charge in [0.1, 0.15) is 11.6 Å². The van der Waals surface area contributed by atoms with E-state index in [1.165, 1.54) is 13.1 Å². The number of anilines is 3. The fourth-order valence-corrected chi connectivity index (χ4v) is 2.13. The van der Waals surface area contributed by atoms with E-state index in [2.05, 4.69) is 10.6 Å². The van der Waals surface area contributed by atoms with E-state index in [0.717, 1.165) is 5.56 Å². The first-order valence-electron chi connectivity index (χ1n) is 7.56. The van der Waals surface area contributed by atoms with Crippen LogP contribution in [0.25, 0.3) is 0 Å². The Morgan fingerprint density at radius 2 is 1.96 bits per heavy atom. The summed E-state index contributed by atoms with van der Waals surface area (Å²) in [4.78, 5) is 23.6. The van der Waals surface area contributed by atoms with Gasteiger partial charge in [-0.2, -0.15) is 5.26 Å². The summed E-state index contributed by atoms with van der Waals surface area (Å²) in [6.07, 6.45) is 1.30. The maximum atomic E-state index is 12.2. The van der Waals surface area contributed by atoms with Crippen LogP contribution in [0, 0.1) is 18.3 Å². The van der Waals surface area contributed by atoms with Crippen molar-refractivity contribution in [2.24, 2.45) is 0 Å². The number of carbonyl (C=O) groups is 2. The molecular weight excluding hydrogens is 316 g/mol. The van der Waals surface area contributed by atoms with Crippen LogP contribution < -0.4 is 16.4 Å². The highest BCUT2D eigenvalue weighted by atomic mass is 16.1. The average Bonchev–Trinajstić information content (AvgIpc) is 2.57. The molecule has 2 aromatic rings. The normalized spacial score (nSPS) is 10.7. The Kier molecular flexibility index (Phi) is 5.54. The molecule has 0 saturated carbocycles. The Balaban J connectivity index is 2.14. The maximum absolute atomic E-state index is 12.2. The number of carbonyl (C=O) groups excluding carboxylic acids is 2. The van der Waals surface area contributed by atoms with E-state index in [9.17, 15) is 14.9 Å². The molecule has 6 nitrogen and oxygen atoms in total. The van der Waals surface area contributed by atoms with Crippen molar-refractivity contribution < 1.29 is 9.59 Å². The molecule has 4 N–H and O–H groups in total. The highest BCUT2D eigenvalue weighted by Gasteiger charge is 2.10. The van der Waals surface area contributed by atoms with Crippen LogP contribution in [0.4, 0.5) is 17.1 Å². The predicted molar refractivity (Wildman–Crippen MR) is 98.0 cm³/mol. The largest absolute Gasteiger partial charge is 0.397 e. The van der Waals surface area contributed by atoms with Gasteiger partial charge in [-0.1, -0.05) is 18.2 Å². The van der Waals surface area contributed by atoms with Crippen molar-refractivity contribution in [2.75, 3.05) is 16.4 Å². The summed E-state index contributed by atoms with van der Waals surface area (Å²) in [5.74, 6) is -0.690. The lowest BCUT2D eigenvalue weighted by Crippen LogP contribution is -2.15. The zero-order valence-corrected chi connectivity index (χ0v) is 14.0. The van der Waals surface area contributed by atoms with Crippen molar-refractivity contribution in [3.8, 4) is 6.07 Å². The van der Waals surface area contributed by atoms with E-state index in [-0.39, 0.29) is 11.4 Å². The minimum atomic E-state index is -0.582. The summed E-state index contributed by atoms with van der Waals surface area (Å²) < 4.78 is 0. The number of nitrogens with one attached hydrogen (secondary N) is 2. The van der Waals surface area contributed by atoms with Gasteiger partial charge in [-0.15, -0.1) is 0 Å². The molecule has 6 heteroatoms. The molecule has 0 aromatic heterocycles. The molecule has 0 atom stereocenters. The number of aryl methyl sites for hydroxylation is 1. The highest BCUT2D eigenvalue weighted by molar-refractivity contribution is 6.07. The first kappa shape index (κ1) is 17.8. The standard InChI is InChI=1S/C19H18N4O2/c1-12-6-7-18(17(21)8-12)22-11-15(10-20)19(25)23-16-5-3-4-14(9-16)13(2)24/h3-9,11,22H,21H2,1-2H3,(H,23,25)/b15-11-. The van der Waals surface area contributed by atoms with Gasteiger partial charge in [-0.05, 0) is 43.7 Å². The van der Waals surface area contributed by atoms with E-state index in [0.29, 0.717) is 22.6 Å². The van der Waals surface area contributed by atoms with Crippen molar-refractivity contribution in [2.45, 2.75) is 13.8 Å². The van der Waals surface area contributed by atoms with Gasteiger partial charge in [-0.25, -0.2) is 0 Å². The Morgan fingerprint density at radius 3 is 2.60 bits per heavy atom. The molecule has 0 spiro atoms. The van der Waals surface area contributed by atoms with Crippen LogP contribution in [-0.2, 0) is 4.79 Å². The Hall–Kier alpha value is -3.59. The monoisotopic (exact) mass is 334 g/mol. The third kappa shape index (κ3) is 4.69. The number of Topliss-reactive ketones (excluding diaryl/α,β-unsaturated/α-hetero) is 1. The number of hydrogen-bond acceptors (Lipinski definition) is 5. The van der Waals surface area contributed by atoms with Crippen LogP contribution in [0.3, 0.4) is 0 Å². The minimum Gasteiger partial charge on any atom is -0.397 e.